The molecule has 1 aromatic carbocycles. The van der Waals surface area contributed by atoms with E-state index in [1.165, 1.54) is 17.5 Å². The number of aromatic nitrogens is 3. The van der Waals surface area contributed by atoms with Gasteiger partial charge >= 0.3 is 5.97 Å². The van der Waals surface area contributed by atoms with Gasteiger partial charge in [-0.25, -0.2) is 9.37 Å². The van der Waals surface area contributed by atoms with E-state index in [-0.39, 0.29) is 23.7 Å². The van der Waals surface area contributed by atoms with Crippen molar-refractivity contribution in [3.63, 3.8) is 0 Å². The summed E-state index contributed by atoms with van der Waals surface area (Å²) in [6, 6.07) is 5.45. The van der Waals surface area contributed by atoms with Crippen LogP contribution < -0.4 is 10.2 Å². The van der Waals surface area contributed by atoms with E-state index in [9.17, 15) is 14.0 Å². The lowest BCUT2D eigenvalue weighted by Crippen LogP contribution is -2.52. The molecule has 0 radical (unpaired) electrons. The summed E-state index contributed by atoms with van der Waals surface area (Å²) in [5.74, 6) is -0.351. The van der Waals surface area contributed by atoms with Gasteiger partial charge in [0, 0.05) is 24.3 Å². The molecule has 35 heavy (non-hydrogen) atoms. The molecule has 11 heteroatoms. The molecule has 3 aromatic rings. The van der Waals surface area contributed by atoms with Crippen LogP contribution in [0.15, 0.2) is 28.9 Å². The van der Waals surface area contributed by atoms with E-state index in [4.69, 9.17) is 9.26 Å². The van der Waals surface area contributed by atoms with Gasteiger partial charge in [0.2, 0.25) is 11.7 Å². The maximum absolute atomic E-state index is 13.3. The molecule has 2 aliphatic rings. The zero-order valence-electron chi connectivity index (χ0n) is 19.9. The molecule has 2 atom stereocenters. The normalized spacial score (nSPS) is 19.9. The summed E-state index contributed by atoms with van der Waals surface area (Å²) >= 11 is 1.27. The third-order valence-corrected chi connectivity index (χ3v) is 6.88. The minimum Gasteiger partial charge on any atom is -0.460 e. The smallest absolute Gasteiger partial charge is 0.313 e. The lowest BCUT2D eigenvalue weighted by atomic mass is 10.0. The number of esters is 1. The van der Waals surface area contributed by atoms with Crippen molar-refractivity contribution in [3.8, 4) is 11.4 Å². The van der Waals surface area contributed by atoms with Crippen molar-refractivity contribution in [2.45, 2.75) is 51.8 Å². The van der Waals surface area contributed by atoms with Crippen LogP contribution in [0, 0.1) is 12.8 Å². The number of nitrogens with one attached hydrogen (secondary N) is 1. The Bertz CT molecular complexity index is 1280. The van der Waals surface area contributed by atoms with E-state index in [0.717, 1.165) is 5.56 Å². The molecule has 0 unspecified atom stereocenters. The Morgan fingerprint density at radius 3 is 2.71 bits per heavy atom. The molecule has 1 saturated heterocycles. The molecule has 1 amide bonds. The van der Waals surface area contributed by atoms with Gasteiger partial charge in [-0.1, -0.05) is 28.6 Å². The van der Waals surface area contributed by atoms with Crippen molar-refractivity contribution in [1.29, 1.82) is 0 Å². The molecule has 3 heterocycles. The van der Waals surface area contributed by atoms with E-state index in [1.54, 1.807) is 6.07 Å². The molecule has 0 bridgehead atoms. The predicted octanol–water partition coefficient (Wildman–Crippen LogP) is 4.36. The number of anilines is 2. The number of rotatable bonds is 6. The third-order valence-electron chi connectivity index (χ3n) is 5.82. The van der Waals surface area contributed by atoms with Gasteiger partial charge in [0.25, 0.3) is 5.91 Å². The fourth-order valence-corrected chi connectivity index (χ4v) is 4.52. The standard InChI is InChI=1S/C24H26FN5O4S/c1-12-5-6-13(19-28-21(34-29-19)15-8-16(15)25)7-17(12)27-20(31)18-9-26-23(35-18)30-10-14(11-30)22(32)33-24(2,3)4/h5-7,9,14-16H,8,10-11H2,1-4H3,(H,27,31)/t15-,16-/m0/s1. The molecule has 2 fully saturated rings. The topological polar surface area (TPSA) is 110 Å². The number of nitrogens with zero attached hydrogens (tertiary/aromatic N) is 4. The summed E-state index contributed by atoms with van der Waals surface area (Å²) in [6.45, 7) is 8.45. The number of thiazole rings is 1. The van der Waals surface area contributed by atoms with Crippen molar-refractivity contribution < 1.29 is 23.2 Å². The Hall–Kier alpha value is -3.34. The number of halogens is 1. The molecule has 9 nitrogen and oxygen atoms in total. The first-order valence-electron chi connectivity index (χ1n) is 11.4. The van der Waals surface area contributed by atoms with E-state index < -0.39 is 11.8 Å². The summed E-state index contributed by atoms with van der Waals surface area (Å²) in [6.07, 6.45) is 1.02. The van der Waals surface area contributed by atoms with Crippen molar-refractivity contribution in [2.24, 2.45) is 5.92 Å². The summed E-state index contributed by atoms with van der Waals surface area (Å²) in [4.78, 5) is 36.2. The number of hydrogen-bond donors (Lipinski definition) is 1. The summed E-state index contributed by atoms with van der Waals surface area (Å²) in [5, 5.41) is 7.56. The fraction of sp³-hybridized carbons (Fsp3) is 0.458. The predicted molar refractivity (Wildman–Crippen MR) is 128 cm³/mol. The number of ether oxygens (including phenoxy) is 1. The number of benzene rings is 1. The van der Waals surface area contributed by atoms with E-state index in [2.05, 4.69) is 20.4 Å². The fourth-order valence-electron chi connectivity index (χ4n) is 3.69. The average molecular weight is 500 g/mol. The molecule has 1 aliphatic carbocycles. The van der Waals surface area contributed by atoms with Crippen molar-refractivity contribution in [3.05, 3.63) is 40.7 Å². The highest BCUT2D eigenvalue weighted by Crippen LogP contribution is 2.43. The van der Waals surface area contributed by atoms with Crippen LogP contribution in [0.25, 0.3) is 11.4 Å². The number of aryl methyl sites for hydroxylation is 1. The molecular weight excluding hydrogens is 473 g/mol. The molecule has 5 rings (SSSR count). The number of carbonyl (C=O) groups is 2. The van der Waals surface area contributed by atoms with Gasteiger partial charge < -0.3 is 19.5 Å². The van der Waals surface area contributed by atoms with E-state index in [1.807, 2.05) is 44.7 Å². The van der Waals surface area contributed by atoms with Gasteiger partial charge in [-0.05, 0) is 45.7 Å². The maximum Gasteiger partial charge on any atom is 0.313 e. The number of hydrogen-bond acceptors (Lipinski definition) is 9. The minimum absolute atomic E-state index is 0.192. The van der Waals surface area contributed by atoms with Crippen LogP contribution in [0.5, 0.6) is 0 Å². The molecule has 0 spiro atoms. The zero-order valence-corrected chi connectivity index (χ0v) is 20.7. The Morgan fingerprint density at radius 1 is 1.29 bits per heavy atom. The van der Waals surface area contributed by atoms with Crippen molar-refractivity contribution in [1.82, 2.24) is 15.1 Å². The van der Waals surface area contributed by atoms with Gasteiger partial charge in [-0.2, -0.15) is 4.98 Å². The van der Waals surface area contributed by atoms with Gasteiger partial charge in [0.15, 0.2) is 5.13 Å². The number of carbonyl (C=O) groups excluding carboxylic acids is 2. The lowest BCUT2D eigenvalue weighted by molar-refractivity contribution is -0.160. The highest BCUT2D eigenvalue weighted by atomic mass is 32.1. The van der Waals surface area contributed by atoms with Gasteiger partial charge in [0.05, 0.1) is 18.0 Å². The molecule has 2 aromatic heterocycles. The monoisotopic (exact) mass is 499 g/mol. The Labute approximate surface area is 205 Å². The molecule has 1 aliphatic heterocycles. The first-order valence-corrected chi connectivity index (χ1v) is 12.2. The second-order valence-corrected chi connectivity index (χ2v) is 10.9. The summed E-state index contributed by atoms with van der Waals surface area (Å²) in [7, 11) is 0. The van der Waals surface area contributed by atoms with Crippen LogP contribution in [0.3, 0.4) is 0 Å². The summed E-state index contributed by atoms with van der Waals surface area (Å²) in [5.41, 5.74) is 1.62. The highest BCUT2D eigenvalue weighted by molar-refractivity contribution is 7.17. The molecule has 1 N–H and O–H groups in total. The van der Waals surface area contributed by atoms with Crippen molar-refractivity contribution in [2.75, 3.05) is 23.3 Å². The van der Waals surface area contributed by atoms with Crippen LogP contribution in [-0.2, 0) is 9.53 Å². The van der Waals surface area contributed by atoms with Gasteiger partial charge in [-0.15, -0.1) is 0 Å². The van der Waals surface area contributed by atoms with Crippen LogP contribution in [-0.4, -0.2) is 51.9 Å². The second kappa shape index (κ2) is 8.71. The van der Waals surface area contributed by atoms with Gasteiger partial charge in [0.1, 0.15) is 16.6 Å². The van der Waals surface area contributed by atoms with Crippen molar-refractivity contribution >= 4 is 34.0 Å². The quantitative estimate of drug-likeness (QED) is 0.498. The third kappa shape index (κ3) is 5.04. The largest absolute Gasteiger partial charge is 0.460 e. The van der Waals surface area contributed by atoms with Crippen LogP contribution in [0.4, 0.5) is 15.2 Å². The van der Waals surface area contributed by atoms with E-state index in [0.29, 0.717) is 52.5 Å². The van der Waals surface area contributed by atoms with Gasteiger partial charge in [-0.3, -0.25) is 9.59 Å². The molecular formula is C24H26FN5O4S. The SMILES string of the molecule is Cc1ccc(-c2noc([C@H]3C[C@@H]3F)n2)cc1NC(=O)c1cnc(N2CC(C(=O)OC(C)(C)C)C2)s1. The van der Waals surface area contributed by atoms with Crippen LogP contribution in [0.2, 0.25) is 0 Å². The molecule has 1 saturated carbocycles. The highest BCUT2D eigenvalue weighted by Gasteiger charge is 2.43. The first kappa shape index (κ1) is 23.4. The Morgan fingerprint density at radius 2 is 2.03 bits per heavy atom. The van der Waals surface area contributed by atoms with E-state index >= 15 is 0 Å². The Balaban J connectivity index is 1.22. The number of alkyl halides is 1. The van der Waals surface area contributed by atoms with Crippen LogP contribution >= 0.6 is 11.3 Å². The zero-order chi connectivity index (χ0) is 24.9. The first-order chi connectivity index (χ1) is 16.6. The maximum atomic E-state index is 13.3. The summed E-state index contributed by atoms with van der Waals surface area (Å²) < 4.78 is 23.9. The Kier molecular flexibility index (Phi) is 5.82. The second-order valence-electron chi connectivity index (χ2n) is 9.94. The molecule has 184 valence electrons. The number of amides is 1. The lowest BCUT2D eigenvalue weighted by Gasteiger charge is -2.38. The minimum atomic E-state index is -0.917. The average Bonchev–Trinajstić information content (AvgIpc) is 3.15. The van der Waals surface area contributed by atoms with Crippen LogP contribution in [0.1, 0.15) is 54.2 Å².